The van der Waals surface area contributed by atoms with Crippen LogP contribution in [0.2, 0.25) is 0 Å². The SMILES string of the molecule is CC1CCc2ccccc2N1C(=O)c1ccc(CN)o1. The van der Waals surface area contributed by atoms with Crippen molar-refractivity contribution in [1.82, 2.24) is 0 Å². The van der Waals surface area contributed by atoms with E-state index in [9.17, 15) is 4.79 Å². The van der Waals surface area contributed by atoms with Crippen LogP contribution in [0.25, 0.3) is 0 Å². The highest BCUT2D eigenvalue weighted by molar-refractivity contribution is 6.05. The Hall–Kier alpha value is -2.07. The minimum absolute atomic E-state index is 0.0932. The predicted molar refractivity (Wildman–Crippen MR) is 77.6 cm³/mol. The smallest absolute Gasteiger partial charge is 0.294 e. The van der Waals surface area contributed by atoms with Crippen LogP contribution in [0, 0.1) is 0 Å². The zero-order valence-electron chi connectivity index (χ0n) is 11.5. The van der Waals surface area contributed by atoms with Crippen LogP contribution in [0.15, 0.2) is 40.8 Å². The molecule has 0 saturated carbocycles. The molecule has 2 N–H and O–H groups in total. The molecule has 1 unspecified atom stereocenters. The third-order valence-electron chi connectivity index (χ3n) is 3.82. The van der Waals surface area contributed by atoms with Crippen molar-refractivity contribution in [2.45, 2.75) is 32.4 Å². The molecule has 1 aliphatic heterocycles. The molecule has 1 amide bonds. The molecule has 2 aromatic rings. The number of nitrogens with two attached hydrogens (primary N) is 1. The Morgan fingerprint density at radius 2 is 2.15 bits per heavy atom. The van der Waals surface area contributed by atoms with E-state index >= 15 is 0 Å². The number of furan rings is 1. The number of anilines is 1. The molecule has 0 fully saturated rings. The lowest BCUT2D eigenvalue weighted by atomic mass is 9.96. The fraction of sp³-hybridized carbons (Fsp3) is 0.312. The van der Waals surface area contributed by atoms with Gasteiger partial charge in [0.15, 0.2) is 5.76 Å². The molecule has 1 aromatic heterocycles. The third-order valence-corrected chi connectivity index (χ3v) is 3.82. The van der Waals surface area contributed by atoms with Crippen molar-refractivity contribution >= 4 is 11.6 Å². The molecule has 1 atom stereocenters. The first-order valence-corrected chi connectivity index (χ1v) is 6.91. The second-order valence-electron chi connectivity index (χ2n) is 5.16. The van der Waals surface area contributed by atoms with Crippen LogP contribution in [-0.2, 0) is 13.0 Å². The van der Waals surface area contributed by atoms with Gasteiger partial charge in [0.1, 0.15) is 5.76 Å². The van der Waals surface area contributed by atoms with E-state index in [0.717, 1.165) is 18.5 Å². The number of rotatable bonds is 2. The average molecular weight is 270 g/mol. The van der Waals surface area contributed by atoms with Crippen molar-refractivity contribution in [2.75, 3.05) is 4.90 Å². The van der Waals surface area contributed by atoms with Crippen molar-refractivity contribution in [3.8, 4) is 0 Å². The van der Waals surface area contributed by atoms with Crippen LogP contribution >= 0.6 is 0 Å². The number of carbonyl (C=O) groups excluding carboxylic acids is 1. The Labute approximate surface area is 118 Å². The number of para-hydroxylation sites is 1. The van der Waals surface area contributed by atoms with E-state index < -0.39 is 0 Å². The number of aryl methyl sites for hydroxylation is 1. The summed E-state index contributed by atoms with van der Waals surface area (Å²) in [5.41, 5.74) is 7.73. The maximum Gasteiger partial charge on any atom is 0.294 e. The minimum atomic E-state index is -0.0932. The van der Waals surface area contributed by atoms with Crippen molar-refractivity contribution < 1.29 is 9.21 Å². The monoisotopic (exact) mass is 270 g/mol. The molecule has 0 saturated heterocycles. The van der Waals surface area contributed by atoms with E-state index in [1.165, 1.54) is 5.56 Å². The first-order valence-electron chi connectivity index (χ1n) is 6.91. The van der Waals surface area contributed by atoms with Gasteiger partial charge in [0.05, 0.1) is 6.54 Å². The van der Waals surface area contributed by atoms with Crippen LogP contribution in [0.4, 0.5) is 5.69 Å². The topological polar surface area (TPSA) is 59.5 Å². The van der Waals surface area contributed by atoms with E-state index in [2.05, 4.69) is 13.0 Å². The van der Waals surface area contributed by atoms with Crippen molar-refractivity contribution in [3.05, 3.63) is 53.5 Å². The fourth-order valence-corrected chi connectivity index (χ4v) is 2.72. The van der Waals surface area contributed by atoms with E-state index in [4.69, 9.17) is 10.2 Å². The molecule has 2 heterocycles. The van der Waals surface area contributed by atoms with Crippen molar-refractivity contribution in [3.63, 3.8) is 0 Å². The number of hydrogen-bond acceptors (Lipinski definition) is 3. The highest BCUT2D eigenvalue weighted by atomic mass is 16.4. The summed E-state index contributed by atoms with van der Waals surface area (Å²) in [6, 6.07) is 11.7. The van der Waals surface area contributed by atoms with E-state index in [0.29, 0.717) is 18.1 Å². The van der Waals surface area contributed by atoms with Crippen molar-refractivity contribution in [1.29, 1.82) is 0 Å². The Bertz CT molecular complexity index is 633. The van der Waals surface area contributed by atoms with Gasteiger partial charge in [0, 0.05) is 11.7 Å². The summed E-state index contributed by atoms with van der Waals surface area (Å²) < 4.78 is 5.49. The molecular formula is C16H18N2O2. The van der Waals surface area contributed by atoms with E-state index in [1.807, 2.05) is 23.1 Å². The summed E-state index contributed by atoms with van der Waals surface area (Å²) in [6.45, 7) is 2.38. The summed E-state index contributed by atoms with van der Waals surface area (Å²) in [5, 5.41) is 0. The normalized spacial score (nSPS) is 17.9. The van der Waals surface area contributed by atoms with Gasteiger partial charge in [0.2, 0.25) is 0 Å². The number of carbonyl (C=O) groups is 1. The summed E-state index contributed by atoms with van der Waals surface area (Å²) in [4.78, 5) is 14.5. The largest absolute Gasteiger partial charge is 0.455 e. The molecule has 0 aliphatic carbocycles. The maximum absolute atomic E-state index is 12.7. The highest BCUT2D eigenvalue weighted by Crippen LogP contribution is 2.31. The lowest BCUT2D eigenvalue weighted by Crippen LogP contribution is -2.42. The van der Waals surface area contributed by atoms with Gasteiger partial charge in [-0.05, 0) is 43.5 Å². The molecule has 4 nitrogen and oxygen atoms in total. The Morgan fingerprint density at radius 3 is 2.90 bits per heavy atom. The number of fused-ring (bicyclic) bond motifs is 1. The molecule has 3 rings (SSSR count). The van der Waals surface area contributed by atoms with Gasteiger partial charge in [0.25, 0.3) is 5.91 Å². The Morgan fingerprint density at radius 1 is 1.35 bits per heavy atom. The average Bonchev–Trinajstić information content (AvgIpc) is 2.95. The standard InChI is InChI=1S/C16H18N2O2/c1-11-6-7-12-4-2-3-5-14(12)18(11)16(19)15-9-8-13(10-17)20-15/h2-5,8-9,11H,6-7,10,17H2,1H3. The molecule has 0 bridgehead atoms. The van der Waals surface area contributed by atoms with Gasteiger partial charge < -0.3 is 15.1 Å². The van der Waals surface area contributed by atoms with Crippen LogP contribution in [0.1, 0.15) is 35.2 Å². The minimum Gasteiger partial charge on any atom is -0.455 e. The highest BCUT2D eigenvalue weighted by Gasteiger charge is 2.30. The Balaban J connectivity index is 1.98. The van der Waals surface area contributed by atoms with Crippen LogP contribution in [0.5, 0.6) is 0 Å². The summed E-state index contributed by atoms with van der Waals surface area (Å²) in [7, 11) is 0. The summed E-state index contributed by atoms with van der Waals surface area (Å²) >= 11 is 0. The molecule has 0 spiro atoms. The molecule has 1 aromatic carbocycles. The maximum atomic E-state index is 12.7. The first kappa shape index (κ1) is 12.9. The lowest BCUT2D eigenvalue weighted by Gasteiger charge is -2.34. The quantitative estimate of drug-likeness (QED) is 0.912. The zero-order chi connectivity index (χ0) is 14.1. The third kappa shape index (κ3) is 2.12. The number of nitrogens with zero attached hydrogens (tertiary/aromatic N) is 1. The summed E-state index contributed by atoms with van der Waals surface area (Å²) in [6.07, 6.45) is 1.97. The molecule has 0 radical (unpaired) electrons. The molecular weight excluding hydrogens is 252 g/mol. The van der Waals surface area contributed by atoms with Gasteiger partial charge in [-0.1, -0.05) is 18.2 Å². The first-order chi connectivity index (χ1) is 9.70. The van der Waals surface area contributed by atoms with Gasteiger partial charge in [-0.3, -0.25) is 4.79 Å². The predicted octanol–water partition coefficient (Wildman–Crippen LogP) is 2.72. The second-order valence-corrected chi connectivity index (χ2v) is 5.16. The second kappa shape index (κ2) is 5.13. The van der Waals surface area contributed by atoms with Gasteiger partial charge in [-0.25, -0.2) is 0 Å². The number of amides is 1. The Kier molecular flexibility index (Phi) is 3.32. The molecule has 1 aliphatic rings. The number of benzene rings is 1. The van der Waals surface area contributed by atoms with Gasteiger partial charge in [-0.2, -0.15) is 0 Å². The lowest BCUT2D eigenvalue weighted by molar-refractivity contribution is 0.0946. The van der Waals surface area contributed by atoms with Crippen LogP contribution in [-0.4, -0.2) is 11.9 Å². The summed E-state index contributed by atoms with van der Waals surface area (Å²) in [5.74, 6) is 0.893. The van der Waals surface area contributed by atoms with E-state index in [1.54, 1.807) is 12.1 Å². The fourth-order valence-electron chi connectivity index (χ4n) is 2.72. The molecule has 20 heavy (non-hydrogen) atoms. The van der Waals surface area contributed by atoms with Crippen molar-refractivity contribution in [2.24, 2.45) is 5.73 Å². The van der Waals surface area contributed by atoms with Crippen LogP contribution < -0.4 is 10.6 Å². The molecule has 4 heteroatoms. The number of hydrogen-bond donors (Lipinski definition) is 1. The molecule has 104 valence electrons. The van der Waals surface area contributed by atoms with Gasteiger partial charge in [-0.15, -0.1) is 0 Å². The van der Waals surface area contributed by atoms with Crippen LogP contribution in [0.3, 0.4) is 0 Å². The van der Waals surface area contributed by atoms with Gasteiger partial charge >= 0.3 is 0 Å². The van der Waals surface area contributed by atoms with E-state index in [-0.39, 0.29) is 11.9 Å². The zero-order valence-corrected chi connectivity index (χ0v) is 11.5.